The number of methoxy groups -OCH3 is 1. The molecule has 100 valence electrons. The smallest absolute Gasteiger partial charge is 0.144 e. The number of rotatable bonds is 7. The van der Waals surface area contributed by atoms with E-state index in [1.807, 2.05) is 24.3 Å². The highest BCUT2D eigenvalue weighted by Gasteiger charge is 2.19. The number of ketones is 2. The number of carbonyl (C=O) groups is 2. The Bertz CT molecular complexity index is 480. The molecule has 0 spiro atoms. The monoisotopic (exact) mass is 258 g/mol. The van der Waals surface area contributed by atoms with Gasteiger partial charge in [0.05, 0.1) is 13.5 Å². The molecule has 0 amide bonds. The minimum absolute atomic E-state index is 0.0392. The third kappa shape index (κ3) is 4.97. The van der Waals surface area contributed by atoms with Crippen LogP contribution in [0.3, 0.4) is 0 Å². The van der Waals surface area contributed by atoms with E-state index in [0.29, 0.717) is 12.8 Å². The van der Waals surface area contributed by atoms with Gasteiger partial charge in [-0.3, -0.25) is 9.59 Å². The van der Waals surface area contributed by atoms with Crippen LogP contribution in [0.25, 0.3) is 0 Å². The van der Waals surface area contributed by atoms with E-state index in [9.17, 15) is 9.59 Å². The Labute approximate surface area is 114 Å². The molecule has 0 aliphatic rings. The van der Waals surface area contributed by atoms with Crippen LogP contribution in [0, 0.1) is 18.3 Å². The van der Waals surface area contributed by atoms with Gasteiger partial charge in [-0.2, -0.15) is 0 Å². The molecule has 1 aromatic carbocycles. The second-order valence-electron chi connectivity index (χ2n) is 4.50. The van der Waals surface area contributed by atoms with Crippen molar-refractivity contribution in [3.63, 3.8) is 0 Å². The SMILES string of the molecule is C#CCC(Cc1ccc(OC)cc1)C(=O)CC(C)=O. The predicted octanol–water partition coefficient (Wildman–Crippen LogP) is 2.43. The van der Waals surface area contributed by atoms with E-state index in [2.05, 4.69) is 5.92 Å². The first-order valence-electron chi connectivity index (χ1n) is 6.15. The van der Waals surface area contributed by atoms with Crippen molar-refractivity contribution in [3.05, 3.63) is 29.8 Å². The Kier molecular flexibility index (Phi) is 5.81. The largest absolute Gasteiger partial charge is 0.497 e. The van der Waals surface area contributed by atoms with Gasteiger partial charge in [-0.1, -0.05) is 12.1 Å². The summed E-state index contributed by atoms with van der Waals surface area (Å²) in [6, 6.07) is 7.50. The fourth-order valence-corrected chi connectivity index (χ4v) is 1.88. The fourth-order valence-electron chi connectivity index (χ4n) is 1.88. The molecule has 1 rings (SSSR count). The molecule has 0 bridgehead atoms. The molecule has 1 aromatic rings. The van der Waals surface area contributed by atoms with Crippen molar-refractivity contribution < 1.29 is 14.3 Å². The van der Waals surface area contributed by atoms with E-state index < -0.39 is 0 Å². The van der Waals surface area contributed by atoms with E-state index in [4.69, 9.17) is 11.2 Å². The van der Waals surface area contributed by atoms with Gasteiger partial charge < -0.3 is 4.74 Å². The standard InChI is InChI=1S/C16H18O3/c1-4-5-14(16(18)10-12(2)17)11-13-6-8-15(19-3)9-7-13/h1,6-9,14H,5,10-11H2,2-3H3. The van der Waals surface area contributed by atoms with Gasteiger partial charge in [0.1, 0.15) is 17.3 Å². The molecule has 0 aromatic heterocycles. The number of terminal acetylenes is 1. The van der Waals surface area contributed by atoms with E-state index >= 15 is 0 Å². The van der Waals surface area contributed by atoms with Crippen LogP contribution in [0.4, 0.5) is 0 Å². The Morgan fingerprint density at radius 1 is 1.32 bits per heavy atom. The first-order valence-corrected chi connectivity index (χ1v) is 6.15. The molecule has 0 fully saturated rings. The van der Waals surface area contributed by atoms with Gasteiger partial charge in [-0.05, 0) is 31.0 Å². The van der Waals surface area contributed by atoms with Gasteiger partial charge >= 0.3 is 0 Å². The molecule has 19 heavy (non-hydrogen) atoms. The van der Waals surface area contributed by atoms with Crippen molar-refractivity contribution in [1.82, 2.24) is 0 Å². The first-order chi connectivity index (χ1) is 9.06. The summed E-state index contributed by atoms with van der Waals surface area (Å²) in [6.45, 7) is 1.41. The molecular weight excluding hydrogens is 240 g/mol. The number of hydrogen-bond acceptors (Lipinski definition) is 3. The lowest BCUT2D eigenvalue weighted by Gasteiger charge is -2.12. The second kappa shape index (κ2) is 7.38. The van der Waals surface area contributed by atoms with Gasteiger partial charge in [0.15, 0.2) is 0 Å². The van der Waals surface area contributed by atoms with Crippen molar-refractivity contribution in [2.75, 3.05) is 7.11 Å². The maximum absolute atomic E-state index is 11.9. The third-order valence-electron chi connectivity index (χ3n) is 2.88. The number of carbonyl (C=O) groups excluding carboxylic acids is 2. The minimum Gasteiger partial charge on any atom is -0.497 e. The van der Waals surface area contributed by atoms with Gasteiger partial charge in [-0.25, -0.2) is 0 Å². The van der Waals surface area contributed by atoms with Gasteiger partial charge in [-0.15, -0.1) is 12.3 Å². The molecule has 3 heteroatoms. The van der Waals surface area contributed by atoms with E-state index in [0.717, 1.165) is 11.3 Å². The highest BCUT2D eigenvalue weighted by Crippen LogP contribution is 2.18. The van der Waals surface area contributed by atoms with Crippen molar-refractivity contribution in [1.29, 1.82) is 0 Å². The Hall–Kier alpha value is -2.08. The van der Waals surface area contributed by atoms with Crippen LogP contribution >= 0.6 is 0 Å². The lowest BCUT2D eigenvalue weighted by atomic mass is 9.90. The molecule has 0 aliphatic heterocycles. The molecule has 1 atom stereocenters. The summed E-state index contributed by atoms with van der Waals surface area (Å²) in [5, 5.41) is 0. The average molecular weight is 258 g/mol. The number of benzene rings is 1. The third-order valence-corrected chi connectivity index (χ3v) is 2.88. The maximum Gasteiger partial charge on any atom is 0.144 e. The van der Waals surface area contributed by atoms with Crippen LogP contribution in [-0.2, 0) is 16.0 Å². The minimum atomic E-state index is -0.290. The van der Waals surface area contributed by atoms with Gasteiger partial charge in [0.25, 0.3) is 0 Å². The average Bonchev–Trinajstić information content (AvgIpc) is 2.38. The van der Waals surface area contributed by atoms with Crippen molar-refractivity contribution in [2.24, 2.45) is 5.92 Å². The summed E-state index contributed by atoms with van der Waals surface area (Å²) in [5.74, 6) is 2.78. The molecule has 0 saturated heterocycles. The van der Waals surface area contributed by atoms with Gasteiger partial charge in [0, 0.05) is 12.3 Å². The molecule has 0 aliphatic carbocycles. The Balaban J connectivity index is 2.74. The van der Waals surface area contributed by atoms with Crippen LogP contribution in [-0.4, -0.2) is 18.7 Å². The summed E-state index contributed by atoms with van der Waals surface area (Å²) in [7, 11) is 1.60. The predicted molar refractivity (Wildman–Crippen MR) is 73.9 cm³/mol. The van der Waals surface area contributed by atoms with Gasteiger partial charge in [0.2, 0.25) is 0 Å². The second-order valence-corrected chi connectivity index (χ2v) is 4.50. The number of hydrogen-bond donors (Lipinski definition) is 0. The van der Waals surface area contributed by atoms with Crippen LogP contribution in [0.1, 0.15) is 25.3 Å². The summed E-state index contributed by atoms with van der Waals surface area (Å²) in [5.41, 5.74) is 1.01. The molecule has 0 radical (unpaired) electrons. The van der Waals surface area contributed by atoms with Crippen LogP contribution < -0.4 is 4.74 Å². The lowest BCUT2D eigenvalue weighted by Crippen LogP contribution is -2.19. The summed E-state index contributed by atoms with van der Waals surface area (Å²) >= 11 is 0. The van der Waals surface area contributed by atoms with Crippen LogP contribution in [0.15, 0.2) is 24.3 Å². The topological polar surface area (TPSA) is 43.4 Å². The van der Waals surface area contributed by atoms with Crippen LogP contribution in [0.5, 0.6) is 5.75 Å². The number of ether oxygens (including phenoxy) is 1. The summed E-state index contributed by atoms with van der Waals surface area (Å²) < 4.78 is 5.08. The van der Waals surface area contributed by atoms with E-state index in [1.54, 1.807) is 7.11 Å². The molecule has 0 heterocycles. The quantitative estimate of drug-likeness (QED) is 0.557. The lowest BCUT2D eigenvalue weighted by molar-refractivity contribution is -0.128. The molecule has 0 saturated carbocycles. The molecular formula is C16H18O3. The summed E-state index contributed by atoms with van der Waals surface area (Å²) in [4.78, 5) is 22.9. The molecule has 3 nitrogen and oxygen atoms in total. The zero-order valence-corrected chi connectivity index (χ0v) is 11.3. The van der Waals surface area contributed by atoms with Crippen LogP contribution in [0.2, 0.25) is 0 Å². The van der Waals surface area contributed by atoms with Crippen molar-refractivity contribution in [3.8, 4) is 18.1 Å². The highest BCUT2D eigenvalue weighted by atomic mass is 16.5. The zero-order chi connectivity index (χ0) is 14.3. The first kappa shape index (κ1) is 15.0. The highest BCUT2D eigenvalue weighted by molar-refractivity contribution is 5.99. The number of Topliss-reactive ketones (excluding diaryl/α,β-unsaturated/α-hetero) is 2. The van der Waals surface area contributed by atoms with E-state index in [-0.39, 0.29) is 23.9 Å². The summed E-state index contributed by atoms with van der Waals surface area (Å²) in [6.07, 6.45) is 6.17. The van der Waals surface area contributed by atoms with Crippen molar-refractivity contribution >= 4 is 11.6 Å². The normalized spacial score (nSPS) is 11.4. The zero-order valence-electron chi connectivity index (χ0n) is 11.3. The Morgan fingerprint density at radius 3 is 2.42 bits per heavy atom. The molecule has 1 unspecified atom stereocenters. The Morgan fingerprint density at radius 2 is 1.95 bits per heavy atom. The maximum atomic E-state index is 11.9. The van der Waals surface area contributed by atoms with Crippen molar-refractivity contribution in [2.45, 2.75) is 26.2 Å². The van der Waals surface area contributed by atoms with E-state index in [1.165, 1.54) is 6.92 Å². The molecule has 0 N–H and O–H groups in total. The fraction of sp³-hybridized carbons (Fsp3) is 0.375.